The molecule has 1 saturated heterocycles. The lowest BCUT2D eigenvalue weighted by atomic mass is 9.96. The molecule has 4 rings (SSSR count). The van der Waals surface area contributed by atoms with Gasteiger partial charge < -0.3 is 5.32 Å². The summed E-state index contributed by atoms with van der Waals surface area (Å²) in [6.45, 7) is 2.77. The molecule has 1 aliphatic heterocycles. The Bertz CT molecular complexity index is 966. The average molecular weight is 454 g/mol. The molecule has 9 heteroatoms. The van der Waals surface area contributed by atoms with E-state index in [-0.39, 0.29) is 15.5 Å². The average Bonchev–Trinajstić information content (AvgIpc) is 3.40. The van der Waals surface area contributed by atoms with Crippen LogP contribution in [0.1, 0.15) is 18.4 Å². The molecular formula is C20H24ClN3O3S2. The molecule has 29 heavy (non-hydrogen) atoms. The molecule has 0 spiro atoms. The summed E-state index contributed by atoms with van der Waals surface area (Å²) >= 11 is 6.94. The lowest BCUT2D eigenvalue weighted by Gasteiger charge is -2.33. The number of carbonyl (C=O) groups is 1. The molecule has 1 N–H and O–H groups in total. The van der Waals surface area contributed by atoms with E-state index in [2.05, 4.69) is 17.4 Å². The summed E-state index contributed by atoms with van der Waals surface area (Å²) < 4.78 is 27.5. The van der Waals surface area contributed by atoms with Gasteiger partial charge in [0.2, 0.25) is 5.91 Å². The van der Waals surface area contributed by atoms with Crippen LogP contribution in [0.4, 0.5) is 0 Å². The summed E-state index contributed by atoms with van der Waals surface area (Å²) in [7, 11) is -3.50. The highest BCUT2D eigenvalue weighted by atomic mass is 35.5. The molecule has 2 fully saturated rings. The smallest absolute Gasteiger partial charge is 0.252 e. The molecule has 1 aromatic carbocycles. The normalized spacial score (nSPS) is 19.8. The minimum atomic E-state index is -3.50. The standard InChI is InChI=1S/C20H24ClN3O3S2/c21-17-6-7-19(28-17)29(26,27)24-12-10-23(11-13-24)14-18(25)22-15-20(8-9-20)16-4-2-1-3-5-16/h1-7H,8-15H2,(H,22,25). The lowest BCUT2D eigenvalue weighted by molar-refractivity contribution is -0.122. The monoisotopic (exact) mass is 453 g/mol. The Kier molecular flexibility index (Phi) is 5.99. The highest BCUT2D eigenvalue weighted by molar-refractivity contribution is 7.91. The van der Waals surface area contributed by atoms with E-state index in [1.165, 1.54) is 9.87 Å². The first kappa shape index (κ1) is 20.8. The van der Waals surface area contributed by atoms with Crippen molar-refractivity contribution in [3.05, 3.63) is 52.4 Å². The van der Waals surface area contributed by atoms with Crippen LogP contribution in [0.2, 0.25) is 4.34 Å². The lowest BCUT2D eigenvalue weighted by Crippen LogP contribution is -2.51. The van der Waals surface area contributed by atoms with Crippen molar-refractivity contribution in [2.75, 3.05) is 39.3 Å². The van der Waals surface area contributed by atoms with Gasteiger partial charge in [-0.2, -0.15) is 4.31 Å². The van der Waals surface area contributed by atoms with Gasteiger partial charge in [-0.1, -0.05) is 41.9 Å². The first-order chi connectivity index (χ1) is 13.9. The van der Waals surface area contributed by atoms with Crippen molar-refractivity contribution in [3.8, 4) is 0 Å². The van der Waals surface area contributed by atoms with Crippen LogP contribution in [0.15, 0.2) is 46.7 Å². The first-order valence-electron chi connectivity index (χ1n) is 9.69. The minimum absolute atomic E-state index is 0.00597. The van der Waals surface area contributed by atoms with Crippen molar-refractivity contribution in [2.24, 2.45) is 0 Å². The quantitative estimate of drug-likeness (QED) is 0.699. The van der Waals surface area contributed by atoms with E-state index in [1.54, 1.807) is 12.1 Å². The molecule has 156 valence electrons. The van der Waals surface area contributed by atoms with Gasteiger partial charge in [0.25, 0.3) is 10.0 Å². The maximum absolute atomic E-state index is 12.7. The Morgan fingerprint density at radius 2 is 1.76 bits per heavy atom. The van der Waals surface area contributed by atoms with Crippen molar-refractivity contribution in [3.63, 3.8) is 0 Å². The number of carbonyl (C=O) groups excluding carboxylic acids is 1. The SMILES string of the molecule is O=C(CN1CCN(S(=O)(=O)c2ccc(Cl)s2)CC1)NCC1(c2ccccc2)CC1. The van der Waals surface area contributed by atoms with Crippen LogP contribution >= 0.6 is 22.9 Å². The molecule has 0 bridgehead atoms. The van der Waals surface area contributed by atoms with Crippen molar-refractivity contribution in [2.45, 2.75) is 22.5 Å². The van der Waals surface area contributed by atoms with Crippen LogP contribution in [0.25, 0.3) is 0 Å². The number of hydrogen-bond acceptors (Lipinski definition) is 5. The van der Waals surface area contributed by atoms with Gasteiger partial charge in [-0.25, -0.2) is 8.42 Å². The third-order valence-corrected chi connectivity index (χ3v) is 9.30. The topological polar surface area (TPSA) is 69.7 Å². The van der Waals surface area contributed by atoms with Crippen molar-refractivity contribution in [1.82, 2.24) is 14.5 Å². The maximum Gasteiger partial charge on any atom is 0.252 e. The molecule has 2 aliphatic rings. The Labute approximate surface area is 180 Å². The molecule has 1 aromatic heterocycles. The number of nitrogens with one attached hydrogen (secondary N) is 1. The first-order valence-corrected chi connectivity index (χ1v) is 12.3. The van der Waals surface area contributed by atoms with E-state index < -0.39 is 10.0 Å². The largest absolute Gasteiger partial charge is 0.354 e. The highest BCUT2D eigenvalue weighted by Gasteiger charge is 2.44. The molecule has 0 radical (unpaired) electrons. The van der Waals surface area contributed by atoms with E-state index >= 15 is 0 Å². The van der Waals surface area contributed by atoms with Crippen molar-refractivity contribution < 1.29 is 13.2 Å². The number of rotatable bonds is 7. The van der Waals surface area contributed by atoms with Crippen LogP contribution in [-0.4, -0.2) is 62.8 Å². The van der Waals surface area contributed by atoms with Crippen LogP contribution in [0.5, 0.6) is 0 Å². The summed E-state index contributed by atoms with van der Waals surface area (Å²) in [6.07, 6.45) is 2.20. The summed E-state index contributed by atoms with van der Waals surface area (Å²) in [5.74, 6) is -0.00597. The highest BCUT2D eigenvalue weighted by Crippen LogP contribution is 2.47. The van der Waals surface area contributed by atoms with E-state index in [4.69, 9.17) is 11.6 Å². The van der Waals surface area contributed by atoms with Gasteiger partial charge in [0.05, 0.1) is 10.9 Å². The second kappa shape index (κ2) is 8.35. The van der Waals surface area contributed by atoms with Crippen LogP contribution in [0, 0.1) is 0 Å². The number of halogens is 1. The van der Waals surface area contributed by atoms with Crippen LogP contribution in [-0.2, 0) is 20.2 Å². The molecule has 0 unspecified atom stereocenters. The van der Waals surface area contributed by atoms with Gasteiger partial charge in [-0.3, -0.25) is 9.69 Å². The van der Waals surface area contributed by atoms with E-state index in [1.807, 2.05) is 23.1 Å². The molecular weight excluding hydrogens is 430 g/mol. The summed E-state index contributed by atoms with van der Waals surface area (Å²) in [5, 5.41) is 3.08. The Hall–Kier alpha value is -1.45. The molecule has 1 saturated carbocycles. The summed E-state index contributed by atoms with van der Waals surface area (Å²) in [6, 6.07) is 13.5. The number of hydrogen-bond donors (Lipinski definition) is 1. The van der Waals surface area contributed by atoms with Gasteiger partial charge in [-0.15, -0.1) is 11.3 Å². The fraction of sp³-hybridized carbons (Fsp3) is 0.450. The van der Waals surface area contributed by atoms with Crippen LogP contribution in [0.3, 0.4) is 0 Å². The van der Waals surface area contributed by atoms with Gasteiger partial charge in [0, 0.05) is 38.1 Å². The van der Waals surface area contributed by atoms with Gasteiger partial charge in [-0.05, 0) is 30.5 Å². The number of sulfonamides is 1. The molecule has 1 amide bonds. The van der Waals surface area contributed by atoms with Crippen molar-refractivity contribution in [1.29, 1.82) is 0 Å². The third kappa shape index (κ3) is 4.67. The van der Waals surface area contributed by atoms with Gasteiger partial charge >= 0.3 is 0 Å². The van der Waals surface area contributed by atoms with Gasteiger partial charge in [0.15, 0.2) is 0 Å². The van der Waals surface area contributed by atoms with Crippen molar-refractivity contribution >= 4 is 38.9 Å². The number of benzene rings is 1. The number of nitrogens with zero attached hydrogens (tertiary/aromatic N) is 2. The van der Waals surface area contributed by atoms with Gasteiger partial charge in [0.1, 0.15) is 4.21 Å². The van der Waals surface area contributed by atoms with E-state index in [0.29, 0.717) is 43.6 Å². The molecule has 6 nitrogen and oxygen atoms in total. The zero-order valence-corrected chi connectivity index (χ0v) is 18.4. The second-order valence-electron chi connectivity index (χ2n) is 7.66. The Morgan fingerprint density at radius 3 is 2.34 bits per heavy atom. The summed E-state index contributed by atoms with van der Waals surface area (Å²) in [4.78, 5) is 14.4. The number of piperazine rings is 1. The Morgan fingerprint density at radius 1 is 1.07 bits per heavy atom. The fourth-order valence-corrected chi connectivity index (χ4v) is 6.79. The molecule has 0 atom stereocenters. The zero-order chi connectivity index (χ0) is 20.5. The van der Waals surface area contributed by atoms with E-state index in [9.17, 15) is 13.2 Å². The molecule has 1 aliphatic carbocycles. The third-order valence-electron chi connectivity index (χ3n) is 5.70. The fourth-order valence-electron chi connectivity index (χ4n) is 3.73. The predicted octanol–water partition coefficient (Wildman–Crippen LogP) is 2.56. The number of amides is 1. The summed E-state index contributed by atoms with van der Waals surface area (Å²) in [5.41, 5.74) is 1.37. The molecule has 2 heterocycles. The Balaban J connectivity index is 1.25. The predicted molar refractivity (Wildman–Crippen MR) is 115 cm³/mol. The zero-order valence-electron chi connectivity index (χ0n) is 16.0. The van der Waals surface area contributed by atoms with E-state index in [0.717, 1.165) is 24.2 Å². The number of thiophene rings is 1. The second-order valence-corrected chi connectivity index (χ2v) is 11.5. The van der Waals surface area contributed by atoms with Crippen LogP contribution < -0.4 is 5.32 Å². The molecule has 2 aromatic rings. The minimum Gasteiger partial charge on any atom is -0.354 e. The maximum atomic E-state index is 12.7.